The first-order chi connectivity index (χ1) is 18.7. The van der Waals surface area contributed by atoms with E-state index < -0.39 is 22.2 Å². The summed E-state index contributed by atoms with van der Waals surface area (Å²) < 4.78 is 13.9. The number of rotatable bonds is 5. The lowest BCUT2D eigenvalue weighted by Gasteiger charge is -2.10. The zero-order chi connectivity index (χ0) is 27.4. The number of nitrogens with zero attached hydrogens (tertiary/aromatic N) is 2. The van der Waals surface area contributed by atoms with Crippen LogP contribution in [0, 0.1) is 13.8 Å². The Morgan fingerprint density at radius 1 is 0.564 bits per heavy atom. The van der Waals surface area contributed by atoms with Crippen molar-refractivity contribution in [2.75, 3.05) is 0 Å². The first-order valence-electron chi connectivity index (χ1n) is 12.2. The van der Waals surface area contributed by atoms with Crippen LogP contribution in [-0.2, 0) is 7.05 Å². The Hall–Kier alpha value is -5.24. The summed E-state index contributed by atoms with van der Waals surface area (Å²) in [6, 6.07) is 22.9. The zero-order valence-electron chi connectivity index (χ0n) is 21.3. The molecule has 0 radical (unpaired) electrons. The van der Waals surface area contributed by atoms with Gasteiger partial charge in [-0.3, -0.25) is 23.7 Å². The molecule has 0 amide bonds. The molecule has 4 aromatic carbocycles. The van der Waals surface area contributed by atoms with E-state index in [4.69, 9.17) is 9.47 Å². The van der Waals surface area contributed by atoms with Gasteiger partial charge in [0.1, 0.15) is 23.0 Å². The molecular weight excluding hydrogens is 496 g/mol. The number of hydrogen-bond acceptors (Lipinski definition) is 6. The molecule has 192 valence electrons. The number of benzene rings is 4. The summed E-state index contributed by atoms with van der Waals surface area (Å²) in [5.74, 6) is 2.36. The third-order valence-electron chi connectivity index (χ3n) is 6.80. The van der Waals surface area contributed by atoms with E-state index in [-0.39, 0.29) is 21.5 Å². The van der Waals surface area contributed by atoms with E-state index in [0.717, 1.165) is 14.7 Å². The van der Waals surface area contributed by atoms with Gasteiger partial charge in [0.2, 0.25) is 0 Å². The van der Waals surface area contributed by atoms with Gasteiger partial charge in [0.25, 0.3) is 22.2 Å². The van der Waals surface area contributed by atoms with E-state index in [0.29, 0.717) is 34.2 Å². The smallest absolute Gasteiger partial charge is 0.266 e. The molecule has 8 nitrogen and oxygen atoms in total. The topological polar surface area (TPSA) is 96.6 Å². The number of aryl methyl sites for hydroxylation is 2. The van der Waals surface area contributed by atoms with Gasteiger partial charge < -0.3 is 9.47 Å². The third-order valence-corrected chi connectivity index (χ3v) is 6.80. The molecule has 0 saturated carbocycles. The Bertz CT molecular complexity index is 2110. The van der Waals surface area contributed by atoms with E-state index in [1.54, 1.807) is 43.3 Å². The van der Waals surface area contributed by atoms with E-state index in [2.05, 4.69) is 0 Å². The summed E-state index contributed by atoms with van der Waals surface area (Å²) >= 11 is 0. The van der Waals surface area contributed by atoms with Gasteiger partial charge in [0.15, 0.2) is 0 Å². The number of aromatic nitrogens is 2. The predicted octanol–water partition coefficient (Wildman–Crippen LogP) is 4.64. The Kier molecular flexibility index (Phi) is 5.54. The van der Waals surface area contributed by atoms with Crippen LogP contribution in [0.5, 0.6) is 23.0 Å². The van der Waals surface area contributed by atoms with Crippen LogP contribution in [0.2, 0.25) is 0 Å². The first kappa shape index (κ1) is 24.1. The maximum Gasteiger partial charge on any atom is 0.266 e. The highest BCUT2D eigenvalue weighted by Gasteiger charge is 2.23. The number of fused-ring (bicyclic) bond motifs is 3. The Labute approximate surface area is 221 Å². The fourth-order valence-corrected chi connectivity index (χ4v) is 4.83. The molecule has 6 aromatic rings. The summed E-state index contributed by atoms with van der Waals surface area (Å²) in [7, 11) is 1.36. The maximum absolute atomic E-state index is 13.4. The molecule has 39 heavy (non-hydrogen) atoms. The van der Waals surface area contributed by atoms with Crippen LogP contribution in [0.15, 0.2) is 98.0 Å². The lowest BCUT2D eigenvalue weighted by molar-refractivity contribution is 0.460. The molecule has 0 N–H and O–H groups in total. The van der Waals surface area contributed by atoms with Gasteiger partial charge in [-0.2, -0.15) is 0 Å². The van der Waals surface area contributed by atoms with Crippen LogP contribution in [0.3, 0.4) is 0 Å². The molecule has 0 atom stereocenters. The summed E-state index contributed by atoms with van der Waals surface area (Å²) in [6.45, 7) is 3.66. The largest absolute Gasteiger partial charge is 0.457 e. The van der Waals surface area contributed by atoms with Gasteiger partial charge in [-0.15, -0.1) is 0 Å². The van der Waals surface area contributed by atoms with E-state index in [1.807, 2.05) is 43.3 Å². The Morgan fingerprint density at radius 2 is 1.13 bits per heavy atom. The van der Waals surface area contributed by atoms with E-state index >= 15 is 0 Å². The van der Waals surface area contributed by atoms with E-state index in [1.165, 1.54) is 13.1 Å². The normalized spacial score (nSPS) is 11.4. The molecule has 2 heterocycles. The van der Waals surface area contributed by atoms with Crippen molar-refractivity contribution in [3.63, 3.8) is 0 Å². The van der Waals surface area contributed by atoms with Crippen LogP contribution < -0.4 is 31.7 Å². The predicted molar refractivity (Wildman–Crippen MR) is 150 cm³/mol. The summed E-state index contributed by atoms with van der Waals surface area (Å²) in [6.07, 6.45) is 0. The fraction of sp³-hybridized carbons (Fsp3) is 0.0968. The van der Waals surface area contributed by atoms with E-state index in [9.17, 15) is 19.2 Å². The van der Waals surface area contributed by atoms with Crippen LogP contribution in [0.25, 0.3) is 27.2 Å². The van der Waals surface area contributed by atoms with Crippen molar-refractivity contribution in [2.45, 2.75) is 13.8 Å². The second-order valence-electron chi connectivity index (χ2n) is 9.47. The first-order valence-corrected chi connectivity index (χ1v) is 12.2. The Morgan fingerprint density at radius 3 is 1.74 bits per heavy atom. The van der Waals surface area contributed by atoms with Gasteiger partial charge in [0, 0.05) is 13.1 Å². The van der Waals surface area contributed by atoms with Gasteiger partial charge in [-0.1, -0.05) is 23.8 Å². The van der Waals surface area contributed by atoms with Gasteiger partial charge in [0.05, 0.1) is 27.2 Å². The van der Waals surface area contributed by atoms with Crippen LogP contribution in [0.1, 0.15) is 11.1 Å². The highest BCUT2D eigenvalue weighted by Crippen LogP contribution is 2.29. The SMILES string of the molecule is Cc1ccc(Oc2cccc(Oc3ccc(-n4c(=O)c5c(C)cc6c(=O)n(C)c(=O)c6c5c4=O)cc3)c2)cc1. The molecule has 8 heteroatoms. The lowest BCUT2D eigenvalue weighted by atomic mass is 10.0. The molecule has 0 spiro atoms. The molecule has 0 bridgehead atoms. The molecule has 0 saturated heterocycles. The molecule has 6 rings (SSSR count). The van der Waals surface area contributed by atoms with Crippen molar-refractivity contribution in [1.82, 2.24) is 9.13 Å². The summed E-state index contributed by atoms with van der Waals surface area (Å²) in [4.78, 5) is 52.0. The number of ether oxygens (including phenoxy) is 2. The highest BCUT2D eigenvalue weighted by atomic mass is 16.5. The Balaban J connectivity index is 1.34. The van der Waals surface area contributed by atoms with Crippen molar-refractivity contribution in [3.05, 3.63) is 131 Å². The van der Waals surface area contributed by atoms with Gasteiger partial charge in [-0.05, 0) is 74.0 Å². The van der Waals surface area contributed by atoms with Crippen molar-refractivity contribution in [2.24, 2.45) is 7.05 Å². The van der Waals surface area contributed by atoms with Crippen molar-refractivity contribution in [3.8, 4) is 28.7 Å². The van der Waals surface area contributed by atoms with Crippen LogP contribution >= 0.6 is 0 Å². The summed E-state index contributed by atoms with van der Waals surface area (Å²) in [5, 5.41) is 0.236. The molecular formula is C31H22N2O6. The van der Waals surface area contributed by atoms with Crippen LogP contribution in [0.4, 0.5) is 0 Å². The second kappa shape index (κ2) is 8.95. The molecule has 0 unspecified atom stereocenters. The summed E-state index contributed by atoms with van der Waals surface area (Å²) in [5.41, 5.74) is -0.335. The lowest BCUT2D eigenvalue weighted by Crippen LogP contribution is -2.24. The maximum atomic E-state index is 13.4. The second-order valence-corrected chi connectivity index (χ2v) is 9.47. The quantitative estimate of drug-likeness (QED) is 0.330. The van der Waals surface area contributed by atoms with Gasteiger partial charge in [-0.25, -0.2) is 4.57 Å². The number of hydrogen-bond donors (Lipinski definition) is 0. The molecule has 2 aromatic heterocycles. The minimum absolute atomic E-state index is 0.0170. The fourth-order valence-electron chi connectivity index (χ4n) is 4.83. The molecule has 0 aliphatic heterocycles. The minimum atomic E-state index is -0.638. The van der Waals surface area contributed by atoms with Gasteiger partial charge >= 0.3 is 0 Å². The minimum Gasteiger partial charge on any atom is -0.457 e. The third kappa shape index (κ3) is 3.93. The average molecular weight is 519 g/mol. The zero-order valence-corrected chi connectivity index (χ0v) is 21.3. The van der Waals surface area contributed by atoms with Crippen molar-refractivity contribution in [1.29, 1.82) is 0 Å². The molecule has 0 fully saturated rings. The molecule has 0 aliphatic carbocycles. The van der Waals surface area contributed by atoms with Crippen molar-refractivity contribution < 1.29 is 9.47 Å². The standard InChI is InChI=1S/C31H22N2O6/c1-17-7-11-20(12-8-17)38-22-5-4-6-23(16-22)39-21-13-9-19(10-14-21)33-30(36)25-18(2)15-24-26(27(25)31(33)37)29(35)32(3)28(24)34/h4-16H,1-3H3. The van der Waals surface area contributed by atoms with Crippen molar-refractivity contribution >= 4 is 21.5 Å². The monoisotopic (exact) mass is 518 g/mol. The highest BCUT2D eigenvalue weighted by molar-refractivity contribution is 6.08. The average Bonchev–Trinajstić information content (AvgIpc) is 3.31. The van der Waals surface area contributed by atoms with Crippen LogP contribution in [-0.4, -0.2) is 9.13 Å². The molecule has 0 aliphatic rings.